The van der Waals surface area contributed by atoms with Crippen LogP contribution in [0.3, 0.4) is 0 Å². The first kappa shape index (κ1) is 13.3. The third-order valence-electron chi connectivity index (χ3n) is 4.40. The topological polar surface area (TPSA) is 55.5 Å². The second-order valence-corrected chi connectivity index (χ2v) is 6.75. The highest BCUT2D eigenvalue weighted by molar-refractivity contribution is 4.92. The van der Waals surface area contributed by atoms with E-state index in [0.29, 0.717) is 12.6 Å². The number of hydrogen-bond donors (Lipinski definition) is 2. The lowest BCUT2D eigenvalue weighted by atomic mass is 9.78. The zero-order chi connectivity index (χ0) is 12.5. The third kappa shape index (κ3) is 3.43. The van der Waals surface area contributed by atoms with Crippen molar-refractivity contribution in [1.29, 1.82) is 0 Å². The highest BCUT2D eigenvalue weighted by Gasteiger charge is 2.41. The molecule has 0 aromatic rings. The van der Waals surface area contributed by atoms with Gasteiger partial charge in [-0.1, -0.05) is 12.8 Å². The quantitative estimate of drug-likeness (QED) is 0.748. The molecule has 0 aromatic heterocycles. The van der Waals surface area contributed by atoms with E-state index in [1.807, 2.05) is 0 Å². The van der Waals surface area contributed by atoms with Crippen molar-refractivity contribution >= 4 is 0 Å². The number of aliphatic hydroxyl groups excluding tert-OH is 1. The average Bonchev–Trinajstić information content (AvgIpc) is 3.02. The largest absolute Gasteiger partial charge is 0.396 e. The molecular formula is C14H27NO2. The number of rotatable bonds is 6. The van der Waals surface area contributed by atoms with Crippen LogP contribution >= 0.6 is 0 Å². The molecule has 2 unspecified atom stereocenters. The summed E-state index contributed by atoms with van der Waals surface area (Å²) in [4.78, 5) is 0. The average molecular weight is 241 g/mol. The Morgan fingerprint density at radius 3 is 2.41 bits per heavy atom. The van der Waals surface area contributed by atoms with Gasteiger partial charge in [0.1, 0.15) is 0 Å². The molecule has 1 aliphatic carbocycles. The lowest BCUT2D eigenvalue weighted by Crippen LogP contribution is -2.38. The van der Waals surface area contributed by atoms with E-state index < -0.39 is 0 Å². The molecule has 3 heteroatoms. The lowest BCUT2D eigenvalue weighted by Gasteiger charge is -2.33. The molecule has 1 heterocycles. The Hall–Kier alpha value is -0.120. The number of ether oxygens (including phenoxy) is 1. The van der Waals surface area contributed by atoms with Crippen LogP contribution in [0.15, 0.2) is 0 Å². The van der Waals surface area contributed by atoms with Crippen LogP contribution in [0.25, 0.3) is 0 Å². The zero-order valence-corrected chi connectivity index (χ0v) is 11.2. The fourth-order valence-corrected chi connectivity index (χ4v) is 3.08. The molecule has 1 aliphatic heterocycles. The summed E-state index contributed by atoms with van der Waals surface area (Å²) < 4.78 is 6.04. The van der Waals surface area contributed by atoms with Crippen LogP contribution in [0.4, 0.5) is 0 Å². The first-order valence-corrected chi connectivity index (χ1v) is 6.97. The van der Waals surface area contributed by atoms with Gasteiger partial charge in [0.15, 0.2) is 0 Å². The highest BCUT2D eigenvalue weighted by Crippen LogP contribution is 2.44. The summed E-state index contributed by atoms with van der Waals surface area (Å²) in [5, 5.41) is 9.71. The van der Waals surface area contributed by atoms with Crippen LogP contribution in [-0.2, 0) is 4.74 Å². The van der Waals surface area contributed by atoms with E-state index >= 15 is 0 Å². The summed E-state index contributed by atoms with van der Waals surface area (Å²) in [6.07, 6.45) is 7.17. The zero-order valence-electron chi connectivity index (χ0n) is 11.2. The molecule has 1 saturated carbocycles. The maximum Gasteiger partial charge on any atom is 0.0631 e. The van der Waals surface area contributed by atoms with Crippen molar-refractivity contribution in [2.24, 2.45) is 17.1 Å². The molecule has 1 saturated heterocycles. The molecule has 2 fully saturated rings. The van der Waals surface area contributed by atoms with Crippen molar-refractivity contribution in [3.05, 3.63) is 0 Å². The van der Waals surface area contributed by atoms with Gasteiger partial charge in [-0.25, -0.2) is 0 Å². The Morgan fingerprint density at radius 2 is 2.00 bits per heavy atom. The van der Waals surface area contributed by atoms with Gasteiger partial charge in [-0.15, -0.1) is 0 Å². The van der Waals surface area contributed by atoms with Gasteiger partial charge in [0, 0.05) is 12.0 Å². The first-order chi connectivity index (χ1) is 7.99. The second kappa shape index (κ2) is 4.87. The normalized spacial score (nSPS) is 31.4. The van der Waals surface area contributed by atoms with E-state index in [1.54, 1.807) is 0 Å². The molecule has 2 atom stereocenters. The summed E-state index contributed by atoms with van der Waals surface area (Å²) in [7, 11) is 0. The van der Waals surface area contributed by atoms with Gasteiger partial charge in [-0.3, -0.25) is 0 Å². The maximum atomic E-state index is 9.71. The SMILES string of the molecule is CC1(C)CCC(CC(CN)(CO)CC2CC2)O1. The highest BCUT2D eigenvalue weighted by atomic mass is 16.5. The van der Waals surface area contributed by atoms with Gasteiger partial charge in [-0.2, -0.15) is 0 Å². The number of hydrogen-bond acceptors (Lipinski definition) is 3. The van der Waals surface area contributed by atoms with Crippen LogP contribution in [0.2, 0.25) is 0 Å². The van der Waals surface area contributed by atoms with Crippen molar-refractivity contribution in [1.82, 2.24) is 0 Å². The molecule has 0 radical (unpaired) electrons. The minimum Gasteiger partial charge on any atom is -0.396 e. The van der Waals surface area contributed by atoms with Gasteiger partial charge in [-0.05, 0) is 45.4 Å². The van der Waals surface area contributed by atoms with E-state index in [-0.39, 0.29) is 17.6 Å². The van der Waals surface area contributed by atoms with E-state index in [4.69, 9.17) is 10.5 Å². The molecule has 0 bridgehead atoms. The van der Waals surface area contributed by atoms with Crippen molar-refractivity contribution in [2.45, 2.75) is 64.1 Å². The monoisotopic (exact) mass is 241 g/mol. The van der Waals surface area contributed by atoms with Crippen molar-refractivity contribution < 1.29 is 9.84 Å². The second-order valence-electron chi connectivity index (χ2n) is 6.75. The number of nitrogens with two attached hydrogens (primary N) is 1. The molecule has 0 spiro atoms. The fraction of sp³-hybridized carbons (Fsp3) is 1.00. The molecular weight excluding hydrogens is 214 g/mol. The van der Waals surface area contributed by atoms with Gasteiger partial charge in [0.25, 0.3) is 0 Å². The molecule has 17 heavy (non-hydrogen) atoms. The summed E-state index contributed by atoms with van der Waals surface area (Å²) in [5.41, 5.74) is 5.85. The molecule has 2 aliphatic rings. The molecule has 3 N–H and O–H groups in total. The smallest absolute Gasteiger partial charge is 0.0631 e. The van der Waals surface area contributed by atoms with Gasteiger partial charge < -0.3 is 15.6 Å². The fourth-order valence-electron chi connectivity index (χ4n) is 3.08. The summed E-state index contributed by atoms with van der Waals surface area (Å²) in [5.74, 6) is 0.806. The van der Waals surface area contributed by atoms with Crippen molar-refractivity contribution in [3.63, 3.8) is 0 Å². The lowest BCUT2D eigenvalue weighted by molar-refractivity contribution is -0.0449. The molecule has 3 nitrogen and oxygen atoms in total. The van der Waals surface area contributed by atoms with Gasteiger partial charge in [0.05, 0.1) is 18.3 Å². The van der Waals surface area contributed by atoms with E-state index in [9.17, 15) is 5.11 Å². The Bertz CT molecular complexity index is 257. The minimum absolute atomic E-state index is 0.0139. The molecule has 2 rings (SSSR count). The van der Waals surface area contributed by atoms with Gasteiger partial charge >= 0.3 is 0 Å². The van der Waals surface area contributed by atoms with Gasteiger partial charge in [0.2, 0.25) is 0 Å². The number of aliphatic hydroxyl groups is 1. The van der Waals surface area contributed by atoms with E-state index in [1.165, 1.54) is 12.8 Å². The Morgan fingerprint density at radius 1 is 1.29 bits per heavy atom. The van der Waals surface area contributed by atoms with E-state index in [2.05, 4.69) is 13.8 Å². The molecule has 0 amide bonds. The van der Waals surface area contributed by atoms with Crippen LogP contribution in [0, 0.1) is 11.3 Å². The maximum absolute atomic E-state index is 9.71. The Balaban J connectivity index is 1.92. The predicted octanol–water partition coefficient (Wildman–Crippen LogP) is 2.07. The molecule has 100 valence electrons. The summed E-state index contributed by atoms with van der Waals surface area (Å²) >= 11 is 0. The van der Waals surface area contributed by atoms with Crippen molar-refractivity contribution in [3.8, 4) is 0 Å². The summed E-state index contributed by atoms with van der Waals surface area (Å²) in [6, 6.07) is 0. The molecule has 0 aromatic carbocycles. The van der Waals surface area contributed by atoms with Crippen LogP contribution < -0.4 is 5.73 Å². The first-order valence-electron chi connectivity index (χ1n) is 6.97. The third-order valence-corrected chi connectivity index (χ3v) is 4.40. The summed E-state index contributed by atoms with van der Waals surface area (Å²) in [6.45, 7) is 5.09. The standard InChI is InChI=1S/C14H27NO2/c1-13(2)6-5-12(17-13)8-14(9-15,10-16)7-11-3-4-11/h11-12,16H,3-10,15H2,1-2H3. The minimum atomic E-state index is -0.0910. The predicted molar refractivity (Wildman–Crippen MR) is 68.7 cm³/mol. The van der Waals surface area contributed by atoms with E-state index in [0.717, 1.165) is 31.6 Å². The Kier molecular flexibility index (Phi) is 3.81. The van der Waals surface area contributed by atoms with Crippen LogP contribution in [0.1, 0.15) is 52.4 Å². The van der Waals surface area contributed by atoms with Crippen LogP contribution in [-0.4, -0.2) is 30.0 Å². The Labute approximate surface area is 105 Å². The van der Waals surface area contributed by atoms with Crippen LogP contribution in [0.5, 0.6) is 0 Å². The van der Waals surface area contributed by atoms with Crippen molar-refractivity contribution in [2.75, 3.05) is 13.2 Å².